The molecule has 246 valence electrons. The number of guanidine groups is 1. The number of hydrogen-bond acceptors (Lipinski definition) is 9. The Morgan fingerprint density at radius 1 is 0.667 bits per heavy atom. The van der Waals surface area contributed by atoms with Crippen molar-refractivity contribution in [1.82, 2.24) is 16.0 Å². The van der Waals surface area contributed by atoms with Gasteiger partial charge in [0.1, 0.15) is 25.0 Å². The summed E-state index contributed by atoms with van der Waals surface area (Å²) in [6, 6.07) is 30.8. The summed E-state index contributed by atoms with van der Waals surface area (Å²) in [6.07, 6.45) is -2.00. The minimum absolute atomic E-state index is 0.0231. The molecule has 0 saturated carbocycles. The fraction of sp³-hybridized carbons (Fsp3) is 0.143. The quantitative estimate of drug-likeness (QED) is 0.0746. The van der Waals surface area contributed by atoms with Crippen molar-refractivity contribution in [3.63, 3.8) is 0 Å². The molecule has 4 aromatic carbocycles. The highest BCUT2D eigenvalue weighted by Crippen LogP contribution is 2.19. The molecule has 13 heteroatoms. The van der Waals surface area contributed by atoms with Crippen molar-refractivity contribution in [3.05, 3.63) is 132 Å². The lowest BCUT2D eigenvalue weighted by atomic mass is 10.1. The second-order valence-corrected chi connectivity index (χ2v) is 10.1. The highest BCUT2D eigenvalue weighted by Gasteiger charge is 2.24. The van der Waals surface area contributed by atoms with Crippen LogP contribution in [-0.4, -0.2) is 42.0 Å². The molecule has 0 heterocycles. The van der Waals surface area contributed by atoms with Gasteiger partial charge in [0, 0.05) is 12.0 Å². The zero-order valence-corrected chi connectivity index (χ0v) is 25.7. The SMILES string of the molecule is NC(=O)CC[C@H](NC(=O)c1ccccc1)C(=O)Oc1ccc(N=C(NC(=O)OCc2ccccc2)NC(=O)OCc2ccccc2)cc1. The number of primary amides is 1. The molecule has 4 amide bonds. The highest BCUT2D eigenvalue weighted by molar-refractivity contribution is 6.02. The summed E-state index contributed by atoms with van der Waals surface area (Å²) in [7, 11) is 0. The molecule has 0 radical (unpaired) electrons. The van der Waals surface area contributed by atoms with Gasteiger partial charge in [-0.1, -0.05) is 78.9 Å². The van der Waals surface area contributed by atoms with Gasteiger partial charge in [0.25, 0.3) is 5.91 Å². The summed E-state index contributed by atoms with van der Waals surface area (Å²) in [5.41, 5.74) is 7.33. The molecule has 0 aliphatic heterocycles. The maximum absolute atomic E-state index is 13.0. The van der Waals surface area contributed by atoms with Crippen LogP contribution in [0.5, 0.6) is 5.75 Å². The smallest absolute Gasteiger partial charge is 0.414 e. The lowest BCUT2D eigenvalue weighted by Gasteiger charge is -2.17. The predicted molar refractivity (Wildman–Crippen MR) is 175 cm³/mol. The molecule has 0 aromatic heterocycles. The minimum Gasteiger partial charge on any atom is -0.444 e. The van der Waals surface area contributed by atoms with E-state index in [1.165, 1.54) is 24.3 Å². The summed E-state index contributed by atoms with van der Waals surface area (Å²) in [4.78, 5) is 66.4. The van der Waals surface area contributed by atoms with Crippen LogP contribution in [0.2, 0.25) is 0 Å². The Bertz CT molecular complexity index is 1660. The second kappa shape index (κ2) is 17.8. The first-order chi connectivity index (χ1) is 23.2. The van der Waals surface area contributed by atoms with Gasteiger partial charge in [-0.05, 0) is 53.9 Å². The number of alkyl carbamates (subject to hydrolysis) is 2. The molecular weight excluding hydrogens is 618 g/mol. The molecule has 0 spiro atoms. The first-order valence-electron chi connectivity index (χ1n) is 14.8. The number of carbonyl (C=O) groups excluding carboxylic acids is 5. The minimum atomic E-state index is -1.16. The average molecular weight is 652 g/mol. The third-order valence-electron chi connectivity index (χ3n) is 6.47. The third-order valence-corrected chi connectivity index (χ3v) is 6.47. The lowest BCUT2D eigenvalue weighted by Crippen LogP contribution is -2.44. The number of aliphatic imine (C=N–C) groups is 1. The van der Waals surface area contributed by atoms with Gasteiger partial charge in [-0.3, -0.25) is 20.2 Å². The average Bonchev–Trinajstić information content (AvgIpc) is 3.10. The molecule has 13 nitrogen and oxygen atoms in total. The van der Waals surface area contributed by atoms with Crippen molar-refractivity contribution < 1.29 is 38.2 Å². The lowest BCUT2D eigenvalue weighted by molar-refractivity contribution is -0.136. The van der Waals surface area contributed by atoms with Crippen LogP contribution in [0.15, 0.2) is 120 Å². The van der Waals surface area contributed by atoms with Crippen LogP contribution in [0.3, 0.4) is 0 Å². The van der Waals surface area contributed by atoms with Crippen LogP contribution in [0.25, 0.3) is 0 Å². The Morgan fingerprint density at radius 3 is 1.67 bits per heavy atom. The van der Waals surface area contributed by atoms with Gasteiger partial charge in [-0.2, -0.15) is 0 Å². The van der Waals surface area contributed by atoms with E-state index in [0.29, 0.717) is 5.56 Å². The molecule has 4 aromatic rings. The van der Waals surface area contributed by atoms with Gasteiger partial charge in [0.05, 0.1) is 5.69 Å². The summed E-state index contributed by atoms with van der Waals surface area (Å²) in [5.74, 6) is -2.17. The number of nitrogens with two attached hydrogens (primary N) is 1. The number of rotatable bonds is 12. The van der Waals surface area contributed by atoms with E-state index < -0.39 is 36.0 Å². The van der Waals surface area contributed by atoms with Crippen LogP contribution in [-0.2, 0) is 32.3 Å². The molecule has 0 saturated heterocycles. The highest BCUT2D eigenvalue weighted by atomic mass is 16.6. The van der Waals surface area contributed by atoms with Crippen LogP contribution >= 0.6 is 0 Å². The summed E-state index contributed by atoms with van der Waals surface area (Å²) >= 11 is 0. The van der Waals surface area contributed by atoms with Crippen LogP contribution in [0.1, 0.15) is 34.3 Å². The van der Waals surface area contributed by atoms with Gasteiger partial charge >= 0.3 is 18.2 Å². The normalized spacial score (nSPS) is 10.8. The zero-order valence-electron chi connectivity index (χ0n) is 25.7. The molecule has 0 aliphatic rings. The Balaban J connectivity index is 1.43. The fourth-order valence-electron chi connectivity index (χ4n) is 4.07. The molecule has 1 atom stereocenters. The van der Waals surface area contributed by atoms with Crippen molar-refractivity contribution in [1.29, 1.82) is 0 Å². The largest absolute Gasteiger partial charge is 0.444 e. The standard InChI is InChI=1S/C35H33N5O8/c36-30(41)21-20-29(38-31(42)26-14-8-3-9-15-26)32(43)48-28-18-16-27(17-19-28)37-33(39-34(44)46-22-24-10-4-1-5-11-24)40-35(45)47-23-25-12-6-2-7-13-25/h1-19,29H,20-23H2,(H2,36,41)(H,38,42)(H2,37,39,40,44,45)/t29-/m0/s1. The fourth-order valence-corrected chi connectivity index (χ4v) is 4.07. The van der Waals surface area contributed by atoms with Crippen molar-refractivity contribution in [2.45, 2.75) is 32.1 Å². The molecule has 0 fully saturated rings. The molecular formula is C35H33N5O8. The summed E-state index contributed by atoms with van der Waals surface area (Å²) < 4.78 is 15.9. The number of carbonyl (C=O) groups is 5. The van der Waals surface area contributed by atoms with Crippen LogP contribution in [0.4, 0.5) is 15.3 Å². The molecule has 0 bridgehead atoms. The number of ether oxygens (including phenoxy) is 3. The van der Waals surface area contributed by atoms with E-state index in [4.69, 9.17) is 19.9 Å². The number of nitrogens with zero attached hydrogens (tertiary/aromatic N) is 1. The number of hydrogen-bond donors (Lipinski definition) is 4. The summed E-state index contributed by atoms with van der Waals surface area (Å²) in [5, 5.41) is 7.37. The number of nitrogens with one attached hydrogen (secondary N) is 3. The van der Waals surface area contributed by atoms with E-state index in [2.05, 4.69) is 20.9 Å². The monoisotopic (exact) mass is 651 g/mol. The van der Waals surface area contributed by atoms with E-state index in [9.17, 15) is 24.0 Å². The van der Waals surface area contributed by atoms with Crippen molar-refractivity contribution >= 4 is 41.6 Å². The van der Waals surface area contributed by atoms with E-state index in [1.54, 1.807) is 78.9 Å². The molecule has 48 heavy (non-hydrogen) atoms. The van der Waals surface area contributed by atoms with Crippen LogP contribution < -0.4 is 26.4 Å². The van der Waals surface area contributed by atoms with E-state index in [0.717, 1.165) is 11.1 Å². The van der Waals surface area contributed by atoms with Gasteiger partial charge in [-0.15, -0.1) is 0 Å². The molecule has 0 unspecified atom stereocenters. The first kappa shape index (κ1) is 34.4. The second-order valence-electron chi connectivity index (χ2n) is 10.1. The predicted octanol–water partition coefficient (Wildman–Crippen LogP) is 4.50. The first-order valence-corrected chi connectivity index (χ1v) is 14.8. The Hall–Kier alpha value is -6.50. The summed E-state index contributed by atoms with van der Waals surface area (Å²) in [6.45, 7) is -0.0462. The molecule has 0 aliphatic carbocycles. The maximum Gasteiger partial charge on any atom is 0.414 e. The van der Waals surface area contributed by atoms with E-state index in [1.807, 2.05) is 12.1 Å². The van der Waals surface area contributed by atoms with Crippen molar-refractivity contribution in [3.8, 4) is 5.75 Å². The zero-order chi connectivity index (χ0) is 34.1. The van der Waals surface area contributed by atoms with Crippen LogP contribution in [0, 0.1) is 0 Å². The Kier molecular flexibility index (Phi) is 12.8. The number of benzene rings is 4. The number of esters is 1. The van der Waals surface area contributed by atoms with Gasteiger partial charge in [-0.25, -0.2) is 19.4 Å². The number of amides is 4. The molecule has 4 rings (SSSR count). The van der Waals surface area contributed by atoms with Crippen molar-refractivity contribution in [2.75, 3.05) is 0 Å². The van der Waals surface area contributed by atoms with Gasteiger partial charge in [0.2, 0.25) is 11.9 Å². The maximum atomic E-state index is 13.0. The third kappa shape index (κ3) is 11.8. The van der Waals surface area contributed by atoms with Gasteiger partial charge in [0.15, 0.2) is 0 Å². The Morgan fingerprint density at radius 2 is 1.17 bits per heavy atom. The Labute approximate surface area is 276 Å². The van der Waals surface area contributed by atoms with E-state index >= 15 is 0 Å². The topological polar surface area (TPSA) is 188 Å². The van der Waals surface area contributed by atoms with Gasteiger partial charge < -0.3 is 25.3 Å². The molecule has 5 N–H and O–H groups in total. The van der Waals surface area contributed by atoms with Crippen molar-refractivity contribution in [2.24, 2.45) is 10.7 Å². The van der Waals surface area contributed by atoms with E-state index in [-0.39, 0.29) is 43.5 Å².